The highest BCUT2D eigenvalue weighted by Gasteiger charge is 2.19. The molecule has 0 saturated carbocycles. The lowest BCUT2D eigenvalue weighted by Gasteiger charge is -2.30. The van der Waals surface area contributed by atoms with E-state index in [9.17, 15) is 4.79 Å². The Morgan fingerprint density at radius 3 is 2.75 bits per heavy atom. The maximum Gasteiger partial charge on any atom is 0.320 e. The normalized spacial score (nSPS) is 16.1. The van der Waals surface area contributed by atoms with Crippen molar-refractivity contribution < 1.29 is 9.53 Å². The molecule has 0 bridgehead atoms. The van der Waals surface area contributed by atoms with Crippen LogP contribution in [0.4, 0.5) is 4.79 Å². The summed E-state index contributed by atoms with van der Waals surface area (Å²) in [5, 5.41) is 3.71. The van der Waals surface area contributed by atoms with Gasteiger partial charge in [-0.15, -0.1) is 0 Å². The van der Waals surface area contributed by atoms with Gasteiger partial charge in [0.25, 0.3) is 0 Å². The number of nitrogens with one attached hydrogen (secondary N) is 1. The molecule has 0 unspecified atom stereocenters. The largest absolute Gasteiger partial charge is 0.472 e. The molecule has 0 spiro atoms. The number of likely N-dealkylation sites (tertiary alicyclic amines) is 1. The SMILES string of the molecule is CC1CCN(C(=O)NCOc2ccc(Cl)cc2Cl)CC1. The number of hydrogen-bond acceptors (Lipinski definition) is 2. The van der Waals surface area contributed by atoms with Gasteiger partial charge >= 0.3 is 6.03 Å². The zero-order valence-corrected chi connectivity index (χ0v) is 12.9. The van der Waals surface area contributed by atoms with E-state index in [4.69, 9.17) is 27.9 Å². The average Bonchev–Trinajstić information content (AvgIpc) is 2.42. The van der Waals surface area contributed by atoms with Crippen molar-refractivity contribution >= 4 is 29.2 Å². The molecule has 6 heteroatoms. The fourth-order valence-corrected chi connectivity index (χ4v) is 2.55. The van der Waals surface area contributed by atoms with E-state index in [2.05, 4.69) is 12.2 Å². The molecule has 0 radical (unpaired) electrons. The first-order valence-corrected chi connectivity index (χ1v) is 7.42. The number of urea groups is 1. The maximum atomic E-state index is 11.9. The average molecular weight is 317 g/mol. The van der Waals surface area contributed by atoms with Crippen molar-refractivity contribution in [3.8, 4) is 5.75 Å². The van der Waals surface area contributed by atoms with Crippen molar-refractivity contribution in [1.29, 1.82) is 0 Å². The Bertz CT molecular complexity index is 474. The zero-order valence-electron chi connectivity index (χ0n) is 11.4. The van der Waals surface area contributed by atoms with Gasteiger partial charge in [0.2, 0.25) is 0 Å². The second-order valence-electron chi connectivity index (χ2n) is 5.01. The molecule has 0 atom stereocenters. The van der Waals surface area contributed by atoms with Crippen LogP contribution in [0.3, 0.4) is 0 Å². The third-order valence-corrected chi connectivity index (χ3v) is 3.95. The molecule has 2 amide bonds. The summed E-state index contributed by atoms with van der Waals surface area (Å²) in [7, 11) is 0. The Morgan fingerprint density at radius 2 is 2.10 bits per heavy atom. The number of rotatable bonds is 3. The van der Waals surface area contributed by atoms with Crippen molar-refractivity contribution in [3.63, 3.8) is 0 Å². The molecule has 20 heavy (non-hydrogen) atoms. The van der Waals surface area contributed by atoms with Crippen LogP contribution < -0.4 is 10.1 Å². The Kier molecular flexibility index (Phi) is 5.38. The van der Waals surface area contributed by atoms with E-state index in [-0.39, 0.29) is 12.8 Å². The van der Waals surface area contributed by atoms with Crippen LogP contribution in [0.15, 0.2) is 18.2 Å². The van der Waals surface area contributed by atoms with Crippen LogP contribution in [-0.2, 0) is 0 Å². The van der Waals surface area contributed by atoms with E-state index < -0.39 is 0 Å². The van der Waals surface area contributed by atoms with Crippen molar-refractivity contribution in [2.75, 3.05) is 19.8 Å². The number of halogens is 2. The second-order valence-corrected chi connectivity index (χ2v) is 5.86. The molecule has 2 rings (SSSR count). The van der Waals surface area contributed by atoms with Gasteiger partial charge in [-0.05, 0) is 37.0 Å². The number of nitrogens with zero attached hydrogens (tertiary/aromatic N) is 1. The minimum Gasteiger partial charge on any atom is -0.472 e. The fraction of sp³-hybridized carbons (Fsp3) is 0.500. The van der Waals surface area contributed by atoms with E-state index >= 15 is 0 Å². The van der Waals surface area contributed by atoms with Crippen molar-refractivity contribution in [3.05, 3.63) is 28.2 Å². The van der Waals surface area contributed by atoms with E-state index in [0.29, 0.717) is 21.7 Å². The first-order chi connectivity index (χ1) is 9.56. The highest BCUT2D eigenvalue weighted by atomic mass is 35.5. The zero-order chi connectivity index (χ0) is 14.5. The number of carbonyl (C=O) groups excluding carboxylic acids is 1. The first kappa shape index (κ1) is 15.3. The molecule has 1 fully saturated rings. The third-order valence-electron chi connectivity index (χ3n) is 3.42. The van der Waals surface area contributed by atoms with E-state index in [1.165, 1.54) is 0 Å². The Balaban J connectivity index is 1.76. The number of amides is 2. The molecule has 1 aromatic rings. The highest BCUT2D eigenvalue weighted by Crippen LogP contribution is 2.27. The lowest BCUT2D eigenvalue weighted by atomic mass is 10.00. The minimum atomic E-state index is -0.0954. The first-order valence-electron chi connectivity index (χ1n) is 6.67. The Morgan fingerprint density at radius 1 is 1.40 bits per heavy atom. The molecule has 1 aromatic carbocycles. The molecule has 1 aliphatic heterocycles. The van der Waals surface area contributed by atoms with Gasteiger partial charge in [-0.1, -0.05) is 30.1 Å². The van der Waals surface area contributed by atoms with E-state index in [1.54, 1.807) is 18.2 Å². The molecule has 1 aliphatic rings. The number of benzene rings is 1. The predicted octanol–water partition coefficient (Wildman–Crippen LogP) is 3.77. The topological polar surface area (TPSA) is 41.6 Å². The second kappa shape index (κ2) is 7.04. The van der Waals surface area contributed by atoms with Crippen LogP contribution in [0.25, 0.3) is 0 Å². The fourth-order valence-electron chi connectivity index (χ4n) is 2.09. The van der Waals surface area contributed by atoms with E-state index in [1.807, 2.05) is 4.90 Å². The quantitative estimate of drug-likeness (QED) is 0.862. The lowest BCUT2D eigenvalue weighted by Crippen LogP contribution is -2.45. The molecular weight excluding hydrogens is 299 g/mol. The van der Waals surface area contributed by atoms with Gasteiger partial charge in [0.1, 0.15) is 5.75 Å². The van der Waals surface area contributed by atoms with Gasteiger partial charge in [-0.2, -0.15) is 0 Å². The van der Waals surface area contributed by atoms with Crippen LogP contribution in [-0.4, -0.2) is 30.8 Å². The summed E-state index contributed by atoms with van der Waals surface area (Å²) in [6.07, 6.45) is 2.11. The summed E-state index contributed by atoms with van der Waals surface area (Å²) in [4.78, 5) is 13.7. The van der Waals surface area contributed by atoms with Gasteiger partial charge in [0.15, 0.2) is 6.73 Å². The molecule has 0 aromatic heterocycles. The third kappa shape index (κ3) is 4.18. The summed E-state index contributed by atoms with van der Waals surface area (Å²) in [5.41, 5.74) is 0. The number of hydrogen-bond donors (Lipinski definition) is 1. The van der Waals surface area contributed by atoms with Crippen molar-refractivity contribution in [2.45, 2.75) is 19.8 Å². The molecule has 0 aliphatic carbocycles. The highest BCUT2D eigenvalue weighted by molar-refractivity contribution is 6.35. The Labute approximate surface area is 129 Å². The monoisotopic (exact) mass is 316 g/mol. The number of carbonyl (C=O) groups is 1. The van der Waals surface area contributed by atoms with Crippen LogP contribution in [0.2, 0.25) is 10.0 Å². The summed E-state index contributed by atoms with van der Waals surface area (Å²) < 4.78 is 5.43. The summed E-state index contributed by atoms with van der Waals surface area (Å²) in [6.45, 7) is 3.90. The van der Waals surface area contributed by atoms with E-state index in [0.717, 1.165) is 25.9 Å². The van der Waals surface area contributed by atoms with Crippen molar-refractivity contribution in [2.24, 2.45) is 5.92 Å². The number of ether oxygens (including phenoxy) is 1. The van der Waals surface area contributed by atoms with Gasteiger partial charge in [0, 0.05) is 18.1 Å². The van der Waals surface area contributed by atoms with Crippen LogP contribution in [0.5, 0.6) is 5.75 Å². The molecule has 1 saturated heterocycles. The van der Waals surface area contributed by atoms with Gasteiger partial charge in [0.05, 0.1) is 5.02 Å². The lowest BCUT2D eigenvalue weighted by molar-refractivity contribution is 0.164. The van der Waals surface area contributed by atoms with Crippen LogP contribution in [0, 0.1) is 5.92 Å². The summed E-state index contributed by atoms with van der Waals surface area (Å²) in [6, 6.07) is 4.88. The van der Waals surface area contributed by atoms with Crippen molar-refractivity contribution in [1.82, 2.24) is 10.2 Å². The molecular formula is C14H18Cl2N2O2. The standard InChI is InChI=1S/C14H18Cl2N2O2/c1-10-4-6-18(7-5-10)14(19)17-9-20-13-3-2-11(15)8-12(13)16/h2-3,8,10H,4-7,9H2,1H3,(H,17,19). The summed E-state index contributed by atoms with van der Waals surface area (Å²) >= 11 is 11.8. The van der Waals surface area contributed by atoms with Gasteiger partial charge < -0.3 is 15.0 Å². The molecule has 1 heterocycles. The summed E-state index contributed by atoms with van der Waals surface area (Å²) in [5.74, 6) is 1.20. The maximum absolute atomic E-state index is 11.9. The van der Waals surface area contributed by atoms with Crippen LogP contribution in [0.1, 0.15) is 19.8 Å². The molecule has 110 valence electrons. The number of piperidine rings is 1. The predicted molar refractivity (Wildman–Crippen MR) is 80.5 cm³/mol. The smallest absolute Gasteiger partial charge is 0.320 e. The Hall–Kier alpha value is -1.13. The van der Waals surface area contributed by atoms with Gasteiger partial charge in [-0.25, -0.2) is 4.79 Å². The minimum absolute atomic E-state index is 0.0895. The molecule has 1 N–H and O–H groups in total. The van der Waals surface area contributed by atoms with Gasteiger partial charge in [-0.3, -0.25) is 0 Å². The van der Waals surface area contributed by atoms with Crippen LogP contribution >= 0.6 is 23.2 Å². The molecule has 4 nitrogen and oxygen atoms in total.